The zero-order valence-electron chi connectivity index (χ0n) is 9.45. The molecule has 0 bridgehead atoms. The summed E-state index contributed by atoms with van der Waals surface area (Å²) in [5, 5.41) is 7.53. The van der Waals surface area contributed by atoms with Crippen LogP contribution in [0.5, 0.6) is 0 Å². The van der Waals surface area contributed by atoms with E-state index in [2.05, 4.69) is 30.3 Å². The smallest absolute Gasteiger partial charge is 0.0492 e. The molecule has 1 heterocycles. The third kappa shape index (κ3) is 3.50. The number of aromatic nitrogens is 2. The van der Waals surface area contributed by atoms with Gasteiger partial charge in [0.2, 0.25) is 0 Å². The van der Waals surface area contributed by atoms with Gasteiger partial charge >= 0.3 is 0 Å². The number of aryl methyl sites for hydroxylation is 2. The molecule has 0 amide bonds. The van der Waals surface area contributed by atoms with E-state index in [1.807, 2.05) is 17.9 Å². The minimum absolute atomic E-state index is 0.741. The molecular formula is C11H21N3. The van der Waals surface area contributed by atoms with Crippen molar-refractivity contribution in [1.29, 1.82) is 0 Å². The van der Waals surface area contributed by atoms with Crippen molar-refractivity contribution in [3.63, 3.8) is 0 Å². The van der Waals surface area contributed by atoms with Crippen LogP contribution < -0.4 is 5.32 Å². The number of nitrogens with zero attached hydrogens (tertiary/aromatic N) is 2. The second-order valence-electron chi connectivity index (χ2n) is 3.90. The van der Waals surface area contributed by atoms with E-state index in [1.54, 1.807) is 0 Å². The van der Waals surface area contributed by atoms with E-state index >= 15 is 0 Å². The lowest BCUT2D eigenvalue weighted by atomic mass is 10.0. The van der Waals surface area contributed by atoms with Gasteiger partial charge in [-0.25, -0.2) is 0 Å². The Kier molecular flexibility index (Phi) is 4.66. The first-order chi connectivity index (χ1) is 6.74. The molecule has 0 aromatic carbocycles. The first-order valence-electron chi connectivity index (χ1n) is 5.41. The summed E-state index contributed by atoms with van der Waals surface area (Å²) in [5.41, 5.74) is 1.33. The molecule has 1 unspecified atom stereocenters. The molecule has 1 atom stereocenters. The largest absolute Gasteiger partial charge is 0.317 e. The molecule has 0 fully saturated rings. The molecule has 80 valence electrons. The van der Waals surface area contributed by atoms with Crippen LogP contribution in [0.2, 0.25) is 0 Å². The molecule has 0 spiro atoms. The number of nitrogens with one attached hydrogen (secondary N) is 1. The molecular weight excluding hydrogens is 174 g/mol. The van der Waals surface area contributed by atoms with E-state index in [0.717, 1.165) is 25.4 Å². The van der Waals surface area contributed by atoms with Crippen molar-refractivity contribution >= 4 is 0 Å². The Labute approximate surface area is 86.5 Å². The van der Waals surface area contributed by atoms with Crippen LogP contribution in [0.1, 0.15) is 26.0 Å². The monoisotopic (exact) mass is 195 g/mol. The van der Waals surface area contributed by atoms with E-state index < -0.39 is 0 Å². The second kappa shape index (κ2) is 5.81. The number of rotatable bonds is 6. The Balaban J connectivity index is 2.23. The molecule has 1 aromatic rings. The lowest BCUT2D eigenvalue weighted by molar-refractivity contribution is 0.481. The fourth-order valence-corrected chi connectivity index (χ4v) is 1.53. The van der Waals surface area contributed by atoms with E-state index in [-0.39, 0.29) is 0 Å². The van der Waals surface area contributed by atoms with Gasteiger partial charge in [-0.3, -0.25) is 4.68 Å². The maximum atomic E-state index is 4.16. The zero-order chi connectivity index (χ0) is 10.4. The molecule has 14 heavy (non-hydrogen) atoms. The molecule has 3 heteroatoms. The summed E-state index contributed by atoms with van der Waals surface area (Å²) in [6, 6.07) is 2.10. The Morgan fingerprint density at radius 1 is 1.57 bits per heavy atom. The molecule has 0 aliphatic heterocycles. The SMILES string of the molecule is CCNCC(C)CCc1ccnn1C. The van der Waals surface area contributed by atoms with E-state index in [4.69, 9.17) is 0 Å². The summed E-state index contributed by atoms with van der Waals surface area (Å²) in [4.78, 5) is 0. The van der Waals surface area contributed by atoms with Gasteiger partial charge < -0.3 is 5.32 Å². The average molecular weight is 195 g/mol. The molecule has 0 aliphatic rings. The Hall–Kier alpha value is -0.830. The van der Waals surface area contributed by atoms with Crippen molar-refractivity contribution in [2.45, 2.75) is 26.7 Å². The van der Waals surface area contributed by atoms with Gasteiger partial charge in [0.05, 0.1) is 0 Å². The quantitative estimate of drug-likeness (QED) is 0.747. The predicted molar refractivity (Wildman–Crippen MR) is 59.2 cm³/mol. The van der Waals surface area contributed by atoms with E-state index in [0.29, 0.717) is 0 Å². The normalized spacial score (nSPS) is 13.1. The molecule has 1 rings (SSSR count). The van der Waals surface area contributed by atoms with Gasteiger partial charge in [-0.15, -0.1) is 0 Å². The highest BCUT2D eigenvalue weighted by atomic mass is 15.2. The van der Waals surface area contributed by atoms with Crippen LogP contribution >= 0.6 is 0 Å². The Morgan fingerprint density at radius 3 is 2.93 bits per heavy atom. The summed E-state index contributed by atoms with van der Waals surface area (Å²) in [7, 11) is 2.00. The van der Waals surface area contributed by atoms with Crippen molar-refractivity contribution in [2.24, 2.45) is 13.0 Å². The maximum absolute atomic E-state index is 4.16. The predicted octanol–water partition coefficient (Wildman–Crippen LogP) is 1.60. The summed E-state index contributed by atoms with van der Waals surface area (Å²) < 4.78 is 1.96. The highest BCUT2D eigenvalue weighted by Gasteiger charge is 2.03. The van der Waals surface area contributed by atoms with Crippen molar-refractivity contribution in [1.82, 2.24) is 15.1 Å². The fourth-order valence-electron chi connectivity index (χ4n) is 1.53. The van der Waals surface area contributed by atoms with Crippen molar-refractivity contribution in [3.05, 3.63) is 18.0 Å². The number of hydrogen-bond acceptors (Lipinski definition) is 2. The first-order valence-corrected chi connectivity index (χ1v) is 5.41. The van der Waals surface area contributed by atoms with E-state index in [9.17, 15) is 0 Å². The van der Waals surface area contributed by atoms with Gasteiger partial charge in [0.15, 0.2) is 0 Å². The fraction of sp³-hybridized carbons (Fsp3) is 0.727. The molecule has 1 N–H and O–H groups in total. The topological polar surface area (TPSA) is 29.9 Å². The van der Waals surface area contributed by atoms with Crippen LogP contribution in [0.25, 0.3) is 0 Å². The lowest BCUT2D eigenvalue weighted by Crippen LogP contribution is -2.21. The van der Waals surface area contributed by atoms with Crippen molar-refractivity contribution in [2.75, 3.05) is 13.1 Å². The van der Waals surface area contributed by atoms with Crippen LogP contribution in [0.15, 0.2) is 12.3 Å². The molecule has 1 aromatic heterocycles. The summed E-state index contributed by atoms with van der Waals surface area (Å²) in [6.07, 6.45) is 4.22. The van der Waals surface area contributed by atoms with Gasteiger partial charge in [0, 0.05) is 18.9 Å². The van der Waals surface area contributed by atoms with Crippen LogP contribution in [-0.4, -0.2) is 22.9 Å². The van der Waals surface area contributed by atoms with Gasteiger partial charge in [0.25, 0.3) is 0 Å². The third-order valence-electron chi connectivity index (χ3n) is 2.56. The lowest BCUT2D eigenvalue weighted by Gasteiger charge is -2.11. The highest BCUT2D eigenvalue weighted by molar-refractivity contribution is 4.99. The van der Waals surface area contributed by atoms with Crippen LogP contribution in [-0.2, 0) is 13.5 Å². The van der Waals surface area contributed by atoms with Crippen LogP contribution in [0.4, 0.5) is 0 Å². The minimum Gasteiger partial charge on any atom is -0.317 e. The molecule has 0 radical (unpaired) electrons. The molecule has 3 nitrogen and oxygen atoms in total. The highest BCUT2D eigenvalue weighted by Crippen LogP contribution is 2.07. The van der Waals surface area contributed by atoms with Crippen LogP contribution in [0, 0.1) is 5.92 Å². The second-order valence-corrected chi connectivity index (χ2v) is 3.90. The molecule has 0 saturated heterocycles. The summed E-state index contributed by atoms with van der Waals surface area (Å²) in [6.45, 7) is 6.62. The first kappa shape index (κ1) is 11.2. The molecule has 0 aliphatic carbocycles. The van der Waals surface area contributed by atoms with Gasteiger partial charge in [0.1, 0.15) is 0 Å². The van der Waals surface area contributed by atoms with Crippen molar-refractivity contribution < 1.29 is 0 Å². The Bertz CT molecular complexity index is 255. The van der Waals surface area contributed by atoms with Crippen LogP contribution in [0.3, 0.4) is 0 Å². The maximum Gasteiger partial charge on any atom is 0.0492 e. The average Bonchev–Trinajstić information content (AvgIpc) is 2.58. The Morgan fingerprint density at radius 2 is 2.36 bits per heavy atom. The zero-order valence-corrected chi connectivity index (χ0v) is 9.45. The minimum atomic E-state index is 0.741. The third-order valence-corrected chi connectivity index (χ3v) is 2.56. The molecule has 0 saturated carbocycles. The standard InChI is InChI=1S/C11H21N3/c1-4-12-9-10(2)5-6-11-7-8-13-14(11)3/h7-8,10,12H,4-6,9H2,1-3H3. The number of hydrogen-bond donors (Lipinski definition) is 1. The van der Waals surface area contributed by atoms with Gasteiger partial charge in [-0.1, -0.05) is 13.8 Å². The van der Waals surface area contributed by atoms with Crippen molar-refractivity contribution in [3.8, 4) is 0 Å². The van der Waals surface area contributed by atoms with Gasteiger partial charge in [-0.2, -0.15) is 5.10 Å². The van der Waals surface area contributed by atoms with Gasteiger partial charge in [-0.05, 0) is 37.9 Å². The summed E-state index contributed by atoms with van der Waals surface area (Å²) in [5.74, 6) is 0.741. The summed E-state index contributed by atoms with van der Waals surface area (Å²) >= 11 is 0. The van der Waals surface area contributed by atoms with E-state index in [1.165, 1.54) is 12.1 Å².